The highest BCUT2D eigenvalue weighted by atomic mass is 16.5. The van der Waals surface area contributed by atoms with Crippen LogP contribution in [-0.2, 0) is 13.2 Å². The zero-order valence-corrected chi connectivity index (χ0v) is 19.3. The van der Waals surface area contributed by atoms with Crippen molar-refractivity contribution in [1.29, 1.82) is 0 Å². The Morgan fingerprint density at radius 2 is 1.37 bits per heavy atom. The standard InChI is InChI=1S/C29H24N2O4/c1-33-28-26(35-19-22-10-6-3-7-11-22)17-16-25-27(28)30-20-31(29(25)32)23-12-14-24(15-13-23)34-18-21-8-4-2-5-9-21/h2-17,20H,18-19H2,1H3. The highest BCUT2D eigenvalue weighted by molar-refractivity contribution is 5.86. The summed E-state index contributed by atoms with van der Waals surface area (Å²) in [5, 5.41) is 0.445. The number of fused-ring (bicyclic) bond motifs is 1. The van der Waals surface area contributed by atoms with Crippen LogP contribution < -0.4 is 19.8 Å². The maximum absolute atomic E-state index is 13.3. The van der Waals surface area contributed by atoms with E-state index in [1.54, 1.807) is 19.2 Å². The molecule has 0 unspecified atom stereocenters. The van der Waals surface area contributed by atoms with Crippen molar-refractivity contribution in [2.45, 2.75) is 13.2 Å². The van der Waals surface area contributed by atoms with Crippen LogP contribution in [0.5, 0.6) is 17.2 Å². The average Bonchev–Trinajstić information content (AvgIpc) is 2.92. The molecule has 0 aliphatic heterocycles. The maximum atomic E-state index is 13.3. The van der Waals surface area contributed by atoms with Crippen LogP contribution in [0.25, 0.3) is 16.6 Å². The smallest absolute Gasteiger partial charge is 0.265 e. The SMILES string of the molecule is COc1c(OCc2ccccc2)ccc2c(=O)n(-c3ccc(OCc4ccccc4)cc3)cnc12. The van der Waals surface area contributed by atoms with Gasteiger partial charge in [-0.2, -0.15) is 0 Å². The van der Waals surface area contributed by atoms with Gasteiger partial charge in [-0.05, 0) is 47.5 Å². The molecule has 35 heavy (non-hydrogen) atoms. The summed E-state index contributed by atoms with van der Waals surface area (Å²) in [6, 6.07) is 30.7. The first-order valence-electron chi connectivity index (χ1n) is 11.2. The third-order valence-electron chi connectivity index (χ3n) is 5.65. The van der Waals surface area contributed by atoms with E-state index >= 15 is 0 Å². The van der Waals surface area contributed by atoms with Gasteiger partial charge in [0.15, 0.2) is 11.5 Å². The Labute approximate surface area is 203 Å². The molecule has 6 nitrogen and oxygen atoms in total. The Hall–Kier alpha value is -4.58. The number of benzene rings is 4. The van der Waals surface area contributed by atoms with Crippen LogP contribution in [0.4, 0.5) is 0 Å². The highest BCUT2D eigenvalue weighted by Crippen LogP contribution is 2.33. The van der Waals surface area contributed by atoms with Gasteiger partial charge in [0, 0.05) is 0 Å². The van der Waals surface area contributed by atoms with Gasteiger partial charge in [0.1, 0.15) is 30.8 Å². The first-order valence-corrected chi connectivity index (χ1v) is 11.2. The molecular formula is C29H24N2O4. The van der Waals surface area contributed by atoms with Gasteiger partial charge in [-0.15, -0.1) is 0 Å². The fraction of sp³-hybridized carbons (Fsp3) is 0.103. The van der Waals surface area contributed by atoms with E-state index in [2.05, 4.69) is 4.98 Å². The van der Waals surface area contributed by atoms with Gasteiger partial charge in [0.25, 0.3) is 5.56 Å². The highest BCUT2D eigenvalue weighted by Gasteiger charge is 2.15. The Morgan fingerprint density at radius 3 is 2.00 bits per heavy atom. The zero-order chi connectivity index (χ0) is 24.0. The summed E-state index contributed by atoms with van der Waals surface area (Å²) in [5.74, 6) is 1.70. The fourth-order valence-electron chi connectivity index (χ4n) is 3.83. The van der Waals surface area contributed by atoms with Crippen molar-refractivity contribution < 1.29 is 14.2 Å². The lowest BCUT2D eigenvalue weighted by molar-refractivity contribution is 0.286. The van der Waals surface area contributed by atoms with Gasteiger partial charge in [0.2, 0.25) is 0 Å². The Bertz CT molecular complexity index is 1480. The largest absolute Gasteiger partial charge is 0.491 e. The van der Waals surface area contributed by atoms with Crippen molar-refractivity contribution in [1.82, 2.24) is 9.55 Å². The van der Waals surface area contributed by atoms with E-state index in [1.165, 1.54) is 10.9 Å². The van der Waals surface area contributed by atoms with E-state index in [1.807, 2.05) is 84.9 Å². The molecule has 0 aliphatic rings. The molecule has 6 heteroatoms. The molecule has 0 saturated heterocycles. The molecule has 0 amide bonds. The lowest BCUT2D eigenvalue weighted by Crippen LogP contribution is -2.19. The topological polar surface area (TPSA) is 62.6 Å². The minimum Gasteiger partial charge on any atom is -0.491 e. The van der Waals surface area contributed by atoms with Gasteiger partial charge in [-0.1, -0.05) is 60.7 Å². The van der Waals surface area contributed by atoms with Crippen LogP contribution in [-0.4, -0.2) is 16.7 Å². The summed E-state index contributed by atoms with van der Waals surface area (Å²) in [5.41, 5.74) is 3.09. The molecule has 0 atom stereocenters. The van der Waals surface area contributed by atoms with E-state index in [-0.39, 0.29) is 5.56 Å². The molecule has 0 saturated carbocycles. The van der Waals surface area contributed by atoms with Crippen LogP contribution >= 0.6 is 0 Å². The molecule has 5 rings (SSSR count). The molecular weight excluding hydrogens is 440 g/mol. The quantitative estimate of drug-likeness (QED) is 0.301. The van der Waals surface area contributed by atoms with Crippen LogP contribution in [0, 0.1) is 0 Å². The maximum Gasteiger partial charge on any atom is 0.265 e. The summed E-state index contributed by atoms with van der Waals surface area (Å²) in [4.78, 5) is 17.8. The fourth-order valence-corrected chi connectivity index (χ4v) is 3.83. The lowest BCUT2D eigenvalue weighted by atomic mass is 10.2. The Morgan fingerprint density at radius 1 is 0.743 bits per heavy atom. The number of hydrogen-bond donors (Lipinski definition) is 0. The molecule has 0 N–H and O–H groups in total. The van der Waals surface area contributed by atoms with E-state index in [4.69, 9.17) is 14.2 Å². The number of aromatic nitrogens is 2. The van der Waals surface area contributed by atoms with Crippen molar-refractivity contribution in [3.63, 3.8) is 0 Å². The summed E-state index contributed by atoms with van der Waals surface area (Å²) in [6.07, 6.45) is 1.51. The number of nitrogens with zero attached hydrogens (tertiary/aromatic N) is 2. The van der Waals surface area contributed by atoms with Crippen molar-refractivity contribution in [2.24, 2.45) is 0 Å². The van der Waals surface area contributed by atoms with Crippen molar-refractivity contribution >= 4 is 10.9 Å². The van der Waals surface area contributed by atoms with Crippen LogP contribution in [0.3, 0.4) is 0 Å². The predicted octanol–water partition coefficient (Wildman–Crippen LogP) is 5.55. The summed E-state index contributed by atoms with van der Waals surface area (Å²) < 4.78 is 18.9. The molecule has 5 aromatic rings. The van der Waals surface area contributed by atoms with E-state index in [0.29, 0.717) is 41.3 Å². The second-order valence-corrected chi connectivity index (χ2v) is 7.96. The molecule has 1 heterocycles. The number of rotatable bonds is 8. The predicted molar refractivity (Wildman–Crippen MR) is 135 cm³/mol. The summed E-state index contributed by atoms with van der Waals surface area (Å²) >= 11 is 0. The summed E-state index contributed by atoms with van der Waals surface area (Å²) in [6.45, 7) is 0.866. The van der Waals surface area contributed by atoms with Gasteiger partial charge in [-0.25, -0.2) is 4.98 Å². The second-order valence-electron chi connectivity index (χ2n) is 7.96. The van der Waals surface area contributed by atoms with Crippen molar-refractivity contribution in [2.75, 3.05) is 7.11 Å². The molecule has 4 aromatic carbocycles. The first-order chi connectivity index (χ1) is 17.2. The second kappa shape index (κ2) is 10.1. The van der Waals surface area contributed by atoms with Crippen molar-refractivity contribution in [3.05, 3.63) is 125 Å². The van der Waals surface area contributed by atoms with Gasteiger partial charge in [-0.3, -0.25) is 9.36 Å². The summed E-state index contributed by atoms with van der Waals surface area (Å²) in [7, 11) is 1.55. The third kappa shape index (κ3) is 4.87. The Kier molecular flexibility index (Phi) is 6.44. The van der Waals surface area contributed by atoms with Crippen LogP contribution in [0.15, 0.2) is 108 Å². The third-order valence-corrected chi connectivity index (χ3v) is 5.65. The van der Waals surface area contributed by atoms with Crippen LogP contribution in [0.1, 0.15) is 11.1 Å². The normalized spacial score (nSPS) is 10.8. The van der Waals surface area contributed by atoms with Gasteiger partial charge >= 0.3 is 0 Å². The first kappa shape index (κ1) is 22.2. The lowest BCUT2D eigenvalue weighted by Gasteiger charge is -2.14. The van der Waals surface area contributed by atoms with Gasteiger partial charge < -0.3 is 14.2 Å². The number of methoxy groups -OCH3 is 1. The molecule has 1 aromatic heterocycles. The van der Waals surface area contributed by atoms with E-state index < -0.39 is 0 Å². The van der Waals surface area contributed by atoms with E-state index in [9.17, 15) is 4.79 Å². The van der Waals surface area contributed by atoms with E-state index in [0.717, 1.165) is 16.9 Å². The van der Waals surface area contributed by atoms with Crippen LogP contribution in [0.2, 0.25) is 0 Å². The van der Waals surface area contributed by atoms with Crippen molar-refractivity contribution in [3.8, 4) is 22.9 Å². The molecule has 0 spiro atoms. The number of hydrogen-bond acceptors (Lipinski definition) is 5. The minimum atomic E-state index is -0.194. The molecule has 0 bridgehead atoms. The Balaban J connectivity index is 1.38. The molecule has 174 valence electrons. The monoisotopic (exact) mass is 464 g/mol. The molecule has 0 aliphatic carbocycles. The minimum absolute atomic E-state index is 0.194. The average molecular weight is 465 g/mol. The molecule has 0 radical (unpaired) electrons. The number of ether oxygens (including phenoxy) is 3. The molecule has 0 fully saturated rings. The zero-order valence-electron chi connectivity index (χ0n) is 19.3. The van der Waals surface area contributed by atoms with Gasteiger partial charge in [0.05, 0.1) is 18.2 Å².